The van der Waals surface area contributed by atoms with Crippen molar-refractivity contribution >= 4 is 46.1 Å². The number of rotatable bonds is 3. The Balaban J connectivity index is 1.14. The second-order valence-electron chi connectivity index (χ2n) is 9.29. The minimum Gasteiger partial charge on any atom is -0.449 e. The molecular weight excluding hydrogens is 454 g/mol. The number of amides is 3. The quantitative estimate of drug-likeness (QED) is 0.671. The maximum atomic E-state index is 13.0. The molecule has 2 aromatic carbocycles. The highest BCUT2D eigenvalue weighted by Crippen LogP contribution is 2.42. The average Bonchev–Trinajstić information content (AvgIpc) is 3.46. The number of likely N-dealkylation sites (tertiary alicyclic amines) is 2. The van der Waals surface area contributed by atoms with Crippen molar-refractivity contribution in [1.82, 2.24) is 9.80 Å². The Labute approximate surface area is 202 Å². The molecule has 2 aromatic rings. The summed E-state index contributed by atoms with van der Waals surface area (Å²) in [6.07, 6.45) is 2.67. The molecule has 3 fully saturated rings. The Morgan fingerprint density at radius 3 is 2.50 bits per heavy atom. The fourth-order valence-electron chi connectivity index (χ4n) is 5.15. The standard InChI is InChI=1S/C25H29N3O5S/c1-17(29)33-21-15-32-23(34-21)22(30)28-14-11-25(16-28)9-12-27(13-10-25)24(31)26-20-8-4-6-18-5-2-3-7-19(18)20/h2-8,21,23H,9-16H2,1H3,(H,26,31)/t21-,23+/m1/s1. The zero-order valence-electron chi connectivity index (χ0n) is 19.2. The SMILES string of the molecule is CC(=O)O[C@H]1CO[C@H](C(=O)N2CCC3(CCN(C(=O)Nc4cccc5ccccc45)CC3)C2)S1. The van der Waals surface area contributed by atoms with Gasteiger partial charge in [0.05, 0.1) is 12.3 Å². The van der Waals surface area contributed by atoms with Crippen LogP contribution < -0.4 is 5.32 Å². The third kappa shape index (κ3) is 4.72. The van der Waals surface area contributed by atoms with Gasteiger partial charge < -0.3 is 24.6 Å². The average molecular weight is 484 g/mol. The van der Waals surface area contributed by atoms with Crippen molar-refractivity contribution in [3.8, 4) is 0 Å². The van der Waals surface area contributed by atoms with Crippen LogP contribution in [0.15, 0.2) is 42.5 Å². The van der Waals surface area contributed by atoms with Crippen LogP contribution in [-0.4, -0.2) is 71.4 Å². The minimum atomic E-state index is -0.619. The topological polar surface area (TPSA) is 88.2 Å². The van der Waals surface area contributed by atoms with Crippen molar-refractivity contribution in [2.75, 3.05) is 38.1 Å². The molecule has 3 aliphatic heterocycles. The van der Waals surface area contributed by atoms with Crippen LogP contribution in [0.4, 0.5) is 10.5 Å². The van der Waals surface area contributed by atoms with Crippen LogP contribution in [0, 0.1) is 5.41 Å². The van der Waals surface area contributed by atoms with Crippen LogP contribution in [-0.2, 0) is 19.1 Å². The van der Waals surface area contributed by atoms with Crippen molar-refractivity contribution in [1.29, 1.82) is 0 Å². The number of nitrogens with one attached hydrogen (secondary N) is 1. The Morgan fingerprint density at radius 2 is 1.74 bits per heavy atom. The summed E-state index contributed by atoms with van der Waals surface area (Å²) < 4.78 is 10.7. The molecule has 9 heteroatoms. The van der Waals surface area contributed by atoms with Crippen LogP contribution in [0.25, 0.3) is 10.8 Å². The number of anilines is 1. The van der Waals surface area contributed by atoms with E-state index < -0.39 is 10.9 Å². The molecule has 8 nitrogen and oxygen atoms in total. The van der Waals surface area contributed by atoms with Gasteiger partial charge >= 0.3 is 12.0 Å². The van der Waals surface area contributed by atoms with E-state index in [0.717, 1.165) is 35.7 Å². The van der Waals surface area contributed by atoms with Crippen molar-refractivity contribution in [2.24, 2.45) is 5.41 Å². The second-order valence-corrected chi connectivity index (χ2v) is 10.5. The summed E-state index contributed by atoms with van der Waals surface area (Å²) in [5.74, 6) is -0.418. The number of thioether (sulfide) groups is 1. The van der Waals surface area contributed by atoms with Gasteiger partial charge in [0.1, 0.15) is 0 Å². The zero-order chi connectivity index (χ0) is 23.7. The van der Waals surface area contributed by atoms with Crippen molar-refractivity contribution < 1.29 is 23.9 Å². The molecule has 0 saturated carbocycles. The van der Waals surface area contributed by atoms with Gasteiger partial charge in [-0.2, -0.15) is 0 Å². The molecule has 3 heterocycles. The molecule has 3 amide bonds. The van der Waals surface area contributed by atoms with Crippen LogP contribution >= 0.6 is 11.8 Å². The molecule has 0 unspecified atom stereocenters. The third-order valence-corrected chi connectivity index (χ3v) is 8.17. The van der Waals surface area contributed by atoms with E-state index in [0.29, 0.717) is 26.2 Å². The van der Waals surface area contributed by atoms with Gasteiger partial charge in [0.2, 0.25) is 0 Å². The number of benzene rings is 2. The first-order valence-corrected chi connectivity index (χ1v) is 12.6. The lowest BCUT2D eigenvalue weighted by atomic mass is 9.78. The van der Waals surface area contributed by atoms with Crippen molar-refractivity contribution in [3.63, 3.8) is 0 Å². The van der Waals surface area contributed by atoms with Gasteiger partial charge in [-0.05, 0) is 36.1 Å². The number of carbonyl (C=O) groups is 3. The second kappa shape index (κ2) is 9.46. The van der Waals surface area contributed by atoms with Gasteiger partial charge in [-0.15, -0.1) is 0 Å². The Morgan fingerprint density at radius 1 is 1.03 bits per heavy atom. The Kier molecular flexibility index (Phi) is 6.40. The van der Waals surface area contributed by atoms with E-state index >= 15 is 0 Å². The molecule has 180 valence electrons. The van der Waals surface area contributed by atoms with E-state index in [9.17, 15) is 14.4 Å². The van der Waals surface area contributed by atoms with Gasteiger partial charge in [-0.3, -0.25) is 9.59 Å². The summed E-state index contributed by atoms with van der Waals surface area (Å²) >= 11 is 1.26. The number of hydrogen-bond donors (Lipinski definition) is 1. The number of ether oxygens (including phenoxy) is 2. The lowest BCUT2D eigenvalue weighted by Gasteiger charge is -2.39. The maximum Gasteiger partial charge on any atom is 0.321 e. The number of nitrogens with zero attached hydrogens (tertiary/aromatic N) is 2. The number of hydrogen-bond acceptors (Lipinski definition) is 6. The molecule has 2 atom stereocenters. The number of urea groups is 1. The monoisotopic (exact) mass is 483 g/mol. The first kappa shape index (κ1) is 23.0. The molecule has 1 N–H and O–H groups in total. The first-order chi connectivity index (χ1) is 16.4. The smallest absolute Gasteiger partial charge is 0.321 e. The summed E-state index contributed by atoms with van der Waals surface area (Å²) in [6, 6.07) is 13.9. The van der Waals surface area contributed by atoms with E-state index in [4.69, 9.17) is 9.47 Å². The molecule has 34 heavy (non-hydrogen) atoms. The van der Waals surface area contributed by atoms with Crippen LogP contribution in [0.5, 0.6) is 0 Å². The van der Waals surface area contributed by atoms with E-state index in [-0.39, 0.29) is 29.9 Å². The van der Waals surface area contributed by atoms with Crippen LogP contribution in [0.2, 0.25) is 0 Å². The normalized spacial score (nSPS) is 23.9. The van der Waals surface area contributed by atoms with Gasteiger partial charge in [0.25, 0.3) is 5.91 Å². The lowest BCUT2D eigenvalue weighted by molar-refractivity contribution is -0.144. The van der Waals surface area contributed by atoms with Crippen LogP contribution in [0.3, 0.4) is 0 Å². The largest absolute Gasteiger partial charge is 0.449 e. The lowest BCUT2D eigenvalue weighted by Crippen LogP contribution is -2.46. The molecule has 3 saturated heterocycles. The number of fused-ring (bicyclic) bond motifs is 1. The predicted octanol–water partition coefficient (Wildman–Crippen LogP) is 3.66. The summed E-state index contributed by atoms with van der Waals surface area (Å²) in [7, 11) is 0. The number of piperidine rings is 1. The van der Waals surface area contributed by atoms with Gasteiger partial charge in [-0.1, -0.05) is 48.2 Å². The molecule has 1 spiro atoms. The number of esters is 1. The number of carbonyl (C=O) groups excluding carboxylic acids is 3. The molecular formula is C25H29N3O5S. The molecule has 3 aliphatic rings. The fraction of sp³-hybridized carbons (Fsp3) is 0.480. The zero-order valence-corrected chi connectivity index (χ0v) is 20.0. The van der Waals surface area contributed by atoms with Crippen molar-refractivity contribution in [3.05, 3.63) is 42.5 Å². The highest BCUT2D eigenvalue weighted by molar-refractivity contribution is 8.01. The third-order valence-electron chi connectivity index (χ3n) is 7.05. The van der Waals surface area contributed by atoms with Gasteiger partial charge in [0, 0.05) is 38.5 Å². The molecule has 0 radical (unpaired) electrons. The van der Waals surface area contributed by atoms with E-state index in [1.807, 2.05) is 52.3 Å². The van der Waals surface area contributed by atoms with Crippen molar-refractivity contribution in [2.45, 2.75) is 37.1 Å². The summed E-state index contributed by atoms with van der Waals surface area (Å²) in [5, 5.41) is 5.20. The summed E-state index contributed by atoms with van der Waals surface area (Å²) in [6.45, 7) is 4.31. The van der Waals surface area contributed by atoms with E-state index in [1.165, 1.54) is 18.7 Å². The van der Waals surface area contributed by atoms with E-state index in [2.05, 4.69) is 5.32 Å². The molecule has 0 aliphatic carbocycles. The first-order valence-electron chi connectivity index (χ1n) is 11.7. The highest BCUT2D eigenvalue weighted by Gasteiger charge is 2.45. The Hall–Kier alpha value is -2.78. The molecule has 5 rings (SSSR count). The van der Waals surface area contributed by atoms with Crippen LogP contribution in [0.1, 0.15) is 26.2 Å². The summed E-state index contributed by atoms with van der Waals surface area (Å²) in [4.78, 5) is 40.8. The summed E-state index contributed by atoms with van der Waals surface area (Å²) in [5.41, 5.74) is -0.176. The molecule has 0 aromatic heterocycles. The van der Waals surface area contributed by atoms with Gasteiger partial charge in [-0.25, -0.2) is 4.79 Å². The minimum absolute atomic E-state index is 0.0461. The molecule has 0 bridgehead atoms. The highest BCUT2D eigenvalue weighted by atomic mass is 32.2. The van der Waals surface area contributed by atoms with E-state index in [1.54, 1.807) is 0 Å². The van der Waals surface area contributed by atoms with Gasteiger partial charge in [0.15, 0.2) is 10.9 Å². The predicted molar refractivity (Wildman–Crippen MR) is 130 cm³/mol. The fourth-order valence-corrected chi connectivity index (χ4v) is 6.20. The maximum absolute atomic E-state index is 13.0. The Bertz CT molecular complexity index is 1100.